The minimum Gasteiger partial charge on any atom is -0.379 e. The zero-order valence-electron chi connectivity index (χ0n) is 18.8. The fourth-order valence-electron chi connectivity index (χ4n) is 4.17. The van der Waals surface area contributed by atoms with Crippen LogP contribution in [0.4, 0.5) is 0 Å². The van der Waals surface area contributed by atoms with Gasteiger partial charge in [0.15, 0.2) is 5.96 Å². The molecule has 2 aliphatic rings. The number of nitrogens with zero attached hydrogens (tertiary/aromatic N) is 3. The molecule has 172 valence electrons. The summed E-state index contributed by atoms with van der Waals surface area (Å²) in [6, 6.07) is 0.503. The van der Waals surface area contributed by atoms with Gasteiger partial charge < -0.3 is 20.1 Å². The summed E-state index contributed by atoms with van der Waals surface area (Å²) in [6.07, 6.45) is 3.54. The molecule has 0 spiro atoms. The average molecular weight is 526 g/mol. The molecule has 29 heavy (non-hydrogen) atoms. The van der Waals surface area contributed by atoms with Gasteiger partial charge in [0, 0.05) is 45.3 Å². The Morgan fingerprint density at radius 2 is 1.55 bits per heavy atom. The standard InChI is InChI=1S/C21H43N5O2.HI/c1-4-19(5-2)20(26-12-16-28-17-13-26)18-24-21(22-6-3)23-8-7-9-25-10-14-27-15-11-25;/h19-20H,4-18H2,1-3H3,(H2,22,23,24);1H. The molecule has 0 bridgehead atoms. The van der Waals surface area contributed by atoms with E-state index in [9.17, 15) is 0 Å². The molecule has 1 unspecified atom stereocenters. The molecule has 7 nitrogen and oxygen atoms in total. The molecule has 2 rings (SSSR count). The molecular weight excluding hydrogens is 481 g/mol. The van der Waals surface area contributed by atoms with Gasteiger partial charge in [-0.3, -0.25) is 14.8 Å². The first-order valence-electron chi connectivity index (χ1n) is 11.4. The molecule has 2 N–H and O–H groups in total. The first-order chi connectivity index (χ1) is 13.8. The lowest BCUT2D eigenvalue weighted by Crippen LogP contribution is -2.49. The van der Waals surface area contributed by atoms with Crippen molar-refractivity contribution in [1.29, 1.82) is 0 Å². The highest BCUT2D eigenvalue weighted by Crippen LogP contribution is 2.20. The lowest BCUT2D eigenvalue weighted by molar-refractivity contribution is 0.00395. The largest absolute Gasteiger partial charge is 0.379 e. The Balaban J connectivity index is 0.00000420. The number of aliphatic imine (C=N–C) groups is 1. The number of hydrogen-bond acceptors (Lipinski definition) is 5. The van der Waals surface area contributed by atoms with E-state index in [0.29, 0.717) is 12.0 Å². The van der Waals surface area contributed by atoms with Crippen molar-refractivity contribution in [2.45, 2.75) is 46.1 Å². The fraction of sp³-hybridized carbons (Fsp3) is 0.952. The Morgan fingerprint density at radius 1 is 0.931 bits per heavy atom. The van der Waals surface area contributed by atoms with Crippen molar-refractivity contribution in [3.8, 4) is 0 Å². The molecule has 1 atom stereocenters. The van der Waals surface area contributed by atoms with Gasteiger partial charge in [0.1, 0.15) is 0 Å². The average Bonchev–Trinajstić information content (AvgIpc) is 2.75. The van der Waals surface area contributed by atoms with Crippen molar-refractivity contribution in [2.24, 2.45) is 10.9 Å². The number of rotatable bonds is 11. The molecule has 2 saturated heterocycles. The van der Waals surface area contributed by atoms with Crippen LogP contribution in [0.1, 0.15) is 40.0 Å². The van der Waals surface area contributed by atoms with Gasteiger partial charge in [-0.25, -0.2) is 0 Å². The van der Waals surface area contributed by atoms with Crippen LogP contribution in [0.5, 0.6) is 0 Å². The van der Waals surface area contributed by atoms with E-state index in [2.05, 4.69) is 41.2 Å². The minimum absolute atomic E-state index is 0. The first kappa shape index (κ1) is 26.9. The number of halogens is 1. The predicted molar refractivity (Wildman–Crippen MR) is 132 cm³/mol. The number of morpholine rings is 2. The molecule has 0 saturated carbocycles. The Labute approximate surface area is 195 Å². The van der Waals surface area contributed by atoms with Crippen LogP contribution in [0.25, 0.3) is 0 Å². The second kappa shape index (κ2) is 16.5. The number of nitrogens with one attached hydrogen (secondary N) is 2. The van der Waals surface area contributed by atoms with Gasteiger partial charge >= 0.3 is 0 Å². The lowest BCUT2D eigenvalue weighted by Gasteiger charge is -2.38. The molecule has 0 aromatic carbocycles. The second-order valence-corrected chi connectivity index (χ2v) is 7.75. The smallest absolute Gasteiger partial charge is 0.191 e. The number of ether oxygens (including phenoxy) is 2. The third kappa shape index (κ3) is 10.1. The molecule has 0 radical (unpaired) electrons. The van der Waals surface area contributed by atoms with Gasteiger partial charge in [-0.15, -0.1) is 24.0 Å². The van der Waals surface area contributed by atoms with Gasteiger partial charge in [-0.1, -0.05) is 26.7 Å². The van der Waals surface area contributed by atoms with Crippen LogP contribution in [-0.4, -0.2) is 101 Å². The van der Waals surface area contributed by atoms with Crippen LogP contribution in [0.15, 0.2) is 4.99 Å². The van der Waals surface area contributed by atoms with E-state index in [0.717, 1.165) is 91.2 Å². The van der Waals surface area contributed by atoms with E-state index < -0.39 is 0 Å². The van der Waals surface area contributed by atoms with Crippen molar-refractivity contribution in [2.75, 3.05) is 78.8 Å². The molecular formula is C21H44IN5O2. The highest BCUT2D eigenvalue weighted by molar-refractivity contribution is 14.0. The summed E-state index contributed by atoms with van der Waals surface area (Å²) >= 11 is 0. The van der Waals surface area contributed by atoms with Crippen LogP contribution < -0.4 is 10.6 Å². The second-order valence-electron chi connectivity index (χ2n) is 7.75. The lowest BCUT2D eigenvalue weighted by atomic mass is 9.92. The maximum Gasteiger partial charge on any atom is 0.191 e. The predicted octanol–water partition coefficient (Wildman–Crippen LogP) is 2.02. The van der Waals surface area contributed by atoms with Crippen molar-refractivity contribution in [3.05, 3.63) is 0 Å². The summed E-state index contributed by atoms with van der Waals surface area (Å²) in [5.74, 6) is 1.64. The van der Waals surface area contributed by atoms with E-state index in [1.165, 1.54) is 12.8 Å². The summed E-state index contributed by atoms with van der Waals surface area (Å²) in [6.45, 7) is 18.2. The third-order valence-corrected chi connectivity index (χ3v) is 5.94. The third-order valence-electron chi connectivity index (χ3n) is 5.94. The van der Waals surface area contributed by atoms with Crippen molar-refractivity contribution in [1.82, 2.24) is 20.4 Å². The van der Waals surface area contributed by atoms with Crippen LogP contribution in [0, 0.1) is 5.92 Å². The number of hydrogen-bond donors (Lipinski definition) is 2. The van der Waals surface area contributed by atoms with Crippen molar-refractivity contribution < 1.29 is 9.47 Å². The Kier molecular flexibility index (Phi) is 15.3. The molecule has 2 fully saturated rings. The Bertz CT molecular complexity index is 425. The molecule has 0 amide bonds. The summed E-state index contributed by atoms with van der Waals surface area (Å²) in [5, 5.41) is 6.95. The number of guanidine groups is 1. The van der Waals surface area contributed by atoms with Gasteiger partial charge in [0.25, 0.3) is 0 Å². The van der Waals surface area contributed by atoms with E-state index in [-0.39, 0.29) is 24.0 Å². The topological polar surface area (TPSA) is 61.4 Å². The maximum absolute atomic E-state index is 5.56. The fourth-order valence-corrected chi connectivity index (χ4v) is 4.17. The Morgan fingerprint density at radius 3 is 2.14 bits per heavy atom. The van der Waals surface area contributed by atoms with E-state index >= 15 is 0 Å². The molecule has 0 aliphatic carbocycles. The monoisotopic (exact) mass is 525 g/mol. The summed E-state index contributed by atoms with van der Waals surface area (Å²) in [7, 11) is 0. The molecule has 0 aromatic rings. The van der Waals surface area contributed by atoms with Crippen molar-refractivity contribution >= 4 is 29.9 Å². The molecule has 2 heterocycles. The molecule has 8 heteroatoms. The van der Waals surface area contributed by atoms with Gasteiger partial charge in [-0.05, 0) is 25.8 Å². The Hall–Kier alpha value is -0.160. The van der Waals surface area contributed by atoms with Crippen LogP contribution in [0.3, 0.4) is 0 Å². The van der Waals surface area contributed by atoms with Crippen LogP contribution >= 0.6 is 24.0 Å². The van der Waals surface area contributed by atoms with Gasteiger partial charge in [0.05, 0.1) is 33.0 Å². The zero-order valence-corrected chi connectivity index (χ0v) is 21.2. The highest BCUT2D eigenvalue weighted by atomic mass is 127. The molecule has 0 aromatic heterocycles. The van der Waals surface area contributed by atoms with Crippen LogP contribution in [0.2, 0.25) is 0 Å². The van der Waals surface area contributed by atoms with Crippen LogP contribution in [-0.2, 0) is 9.47 Å². The summed E-state index contributed by atoms with van der Waals surface area (Å²) in [5.41, 5.74) is 0. The summed E-state index contributed by atoms with van der Waals surface area (Å²) in [4.78, 5) is 10.0. The highest BCUT2D eigenvalue weighted by Gasteiger charge is 2.26. The quantitative estimate of drug-likeness (QED) is 0.186. The maximum atomic E-state index is 5.56. The summed E-state index contributed by atoms with van der Waals surface area (Å²) < 4.78 is 11.0. The van der Waals surface area contributed by atoms with Gasteiger partial charge in [-0.2, -0.15) is 0 Å². The minimum atomic E-state index is 0. The van der Waals surface area contributed by atoms with Gasteiger partial charge in [0.2, 0.25) is 0 Å². The van der Waals surface area contributed by atoms with Crippen molar-refractivity contribution in [3.63, 3.8) is 0 Å². The normalized spacial score (nSPS) is 20.3. The first-order valence-corrected chi connectivity index (χ1v) is 11.4. The zero-order chi connectivity index (χ0) is 20.0. The van der Waals surface area contributed by atoms with E-state index in [1.807, 2.05) is 0 Å². The molecule has 2 aliphatic heterocycles. The van der Waals surface area contributed by atoms with E-state index in [4.69, 9.17) is 14.5 Å². The van der Waals surface area contributed by atoms with E-state index in [1.54, 1.807) is 0 Å². The SMILES string of the molecule is CCNC(=NCC(C(CC)CC)N1CCOCC1)NCCCN1CCOCC1.I.